The quantitative estimate of drug-likeness (QED) is 0.372. The summed E-state index contributed by atoms with van der Waals surface area (Å²) in [6, 6.07) is 0. The molecule has 0 radical (unpaired) electrons. The monoisotopic (exact) mass is 337 g/mol. The molecule has 106 valence electrons. The third-order valence-corrected chi connectivity index (χ3v) is 3.90. The number of aromatic amines is 1. The molecule has 0 saturated carbocycles. The molecule has 0 spiro atoms. The summed E-state index contributed by atoms with van der Waals surface area (Å²) in [6.07, 6.45) is -2.14. The third-order valence-electron chi connectivity index (χ3n) is 3.27. The van der Waals surface area contributed by atoms with Gasteiger partial charge in [0, 0.05) is 0 Å². The van der Waals surface area contributed by atoms with Gasteiger partial charge < -0.3 is 0 Å². The summed E-state index contributed by atoms with van der Waals surface area (Å²) >= 11 is 2.63. The summed E-state index contributed by atoms with van der Waals surface area (Å²) in [5.41, 5.74) is 3.65. The van der Waals surface area contributed by atoms with Crippen molar-refractivity contribution >= 4 is 21.3 Å². The molecule has 19 heavy (non-hydrogen) atoms. The van der Waals surface area contributed by atoms with Crippen LogP contribution in [0, 0.1) is 4.32 Å². The maximum atomic E-state index is 11.4. The zero-order valence-corrected chi connectivity index (χ0v) is 11.8. The minimum atomic E-state index is -1.36. The molecule has 1 saturated heterocycles. The molecular formula is C10H15N3O5Se. The SMILES string of the molecule is C[C@@]1(n2cc(N)c(=O)[nH]c2=[Se])O[C@H](CO)[C@@H](O)[C@H]1O. The van der Waals surface area contributed by atoms with Crippen molar-refractivity contribution in [2.45, 2.75) is 31.0 Å². The van der Waals surface area contributed by atoms with Gasteiger partial charge in [-0.1, -0.05) is 0 Å². The number of aliphatic hydroxyl groups is 3. The average molecular weight is 336 g/mol. The van der Waals surface area contributed by atoms with Gasteiger partial charge in [-0.15, -0.1) is 0 Å². The number of anilines is 1. The normalized spacial score (nSPS) is 34.6. The van der Waals surface area contributed by atoms with E-state index in [0.29, 0.717) is 0 Å². The second kappa shape index (κ2) is 4.86. The molecule has 2 rings (SSSR count). The topological polar surface area (TPSA) is 134 Å². The van der Waals surface area contributed by atoms with Crippen LogP contribution in [0.1, 0.15) is 6.92 Å². The van der Waals surface area contributed by atoms with Crippen molar-refractivity contribution in [1.29, 1.82) is 0 Å². The first-order chi connectivity index (χ1) is 8.81. The van der Waals surface area contributed by atoms with Gasteiger partial charge in [0.05, 0.1) is 0 Å². The van der Waals surface area contributed by atoms with Crippen molar-refractivity contribution in [3.8, 4) is 0 Å². The van der Waals surface area contributed by atoms with Crippen LogP contribution >= 0.6 is 0 Å². The van der Waals surface area contributed by atoms with Gasteiger partial charge in [0.2, 0.25) is 0 Å². The first-order valence-electron chi connectivity index (χ1n) is 5.58. The van der Waals surface area contributed by atoms with Crippen LogP contribution in [0.4, 0.5) is 5.69 Å². The molecule has 2 heterocycles. The summed E-state index contributed by atoms with van der Waals surface area (Å²) in [7, 11) is 0. The molecule has 6 N–H and O–H groups in total. The number of nitrogens with zero attached hydrogens (tertiary/aromatic N) is 1. The molecule has 1 aliphatic rings. The zero-order valence-electron chi connectivity index (χ0n) is 10.1. The Morgan fingerprint density at radius 3 is 2.79 bits per heavy atom. The summed E-state index contributed by atoms with van der Waals surface area (Å²) in [5.74, 6) is 0. The van der Waals surface area contributed by atoms with Crippen LogP contribution in [0.5, 0.6) is 0 Å². The van der Waals surface area contributed by atoms with E-state index in [1.807, 2.05) is 0 Å². The second-order valence-electron chi connectivity index (χ2n) is 4.54. The standard InChI is InChI=1S/C10H15N3O5Se/c1-10(7(16)6(15)5(3-14)18-10)13-2-4(11)8(17)12-9(13)19/h2,5-7,14-16H,3,11H2,1H3,(H,12,17,19)/t5-,6-,7-,10-/m1/s1. The van der Waals surface area contributed by atoms with Gasteiger partial charge in [0.25, 0.3) is 0 Å². The van der Waals surface area contributed by atoms with Crippen LogP contribution in [0.15, 0.2) is 11.0 Å². The molecule has 1 aliphatic heterocycles. The zero-order chi connectivity index (χ0) is 14.4. The molecular weight excluding hydrogens is 321 g/mol. The molecule has 8 nitrogen and oxygen atoms in total. The van der Waals surface area contributed by atoms with Crippen LogP contribution < -0.4 is 11.3 Å². The Morgan fingerprint density at radius 2 is 2.26 bits per heavy atom. The number of aliphatic hydroxyl groups excluding tert-OH is 3. The van der Waals surface area contributed by atoms with Gasteiger partial charge in [0.1, 0.15) is 0 Å². The van der Waals surface area contributed by atoms with Crippen molar-refractivity contribution in [2.75, 3.05) is 12.3 Å². The molecule has 4 atom stereocenters. The molecule has 0 aliphatic carbocycles. The Bertz CT molecular complexity index is 600. The van der Waals surface area contributed by atoms with Gasteiger partial charge in [-0.05, 0) is 0 Å². The van der Waals surface area contributed by atoms with Crippen LogP contribution in [-0.2, 0) is 10.5 Å². The molecule has 0 aromatic carbocycles. The van der Waals surface area contributed by atoms with Gasteiger partial charge in [-0.25, -0.2) is 0 Å². The van der Waals surface area contributed by atoms with E-state index in [4.69, 9.17) is 15.6 Å². The molecule has 9 heteroatoms. The van der Waals surface area contributed by atoms with E-state index in [2.05, 4.69) is 20.6 Å². The summed E-state index contributed by atoms with van der Waals surface area (Å²) < 4.78 is 7.17. The molecule has 1 aromatic heterocycles. The predicted molar refractivity (Wildman–Crippen MR) is 66.1 cm³/mol. The number of nitrogens with two attached hydrogens (primary N) is 1. The number of hydrogen-bond acceptors (Lipinski definition) is 6. The fourth-order valence-corrected chi connectivity index (χ4v) is 2.81. The van der Waals surface area contributed by atoms with E-state index in [-0.39, 0.29) is 10.0 Å². The Morgan fingerprint density at radius 1 is 1.63 bits per heavy atom. The Hall–Kier alpha value is -0.961. The second-order valence-corrected chi connectivity index (χ2v) is 5.35. The number of hydrogen-bond donors (Lipinski definition) is 5. The van der Waals surface area contributed by atoms with Crippen molar-refractivity contribution in [1.82, 2.24) is 9.55 Å². The van der Waals surface area contributed by atoms with Gasteiger partial charge in [-0.3, -0.25) is 0 Å². The van der Waals surface area contributed by atoms with Crippen molar-refractivity contribution in [3.63, 3.8) is 0 Å². The number of aromatic nitrogens is 2. The van der Waals surface area contributed by atoms with Gasteiger partial charge in [-0.2, -0.15) is 0 Å². The fourth-order valence-electron chi connectivity index (χ4n) is 2.13. The minimum absolute atomic E-state index is 0.0574. The number of H-pyrrole nitrogens is 1. The van der Waals surface area contributed by atoms with Crippen molar-refractivity contribution < 1.29 is 20.1 Å². The summed E-state index contributed by atoms with van der Waals surface area (Å²) in [6.45, 7) is 1.09. The molecule has 0 amide bonds. The van der Waals surface area contributed by atoms with E-state index in [0.717, 1.165) is 0 Å². The van der Waals surface area contributed by atoms with E-state index >= 15 is 0 Å². The van der Waals surface area contributed by atoms with E-state index in [1.165, 1.54) is 17.7 Å². The van der Waals surface area contributed by atoms with Crippen LogP contribution in [0.2, 0.25) is 0 Å². The molecule has 1 fully saturated rings. The average Bonchev–Trinajstić information content (AvgIpc) is 2.59. The molecule has 1 aromatic rings. The number of nitrogens with one attached hydrogen (secondary N) is 1. The number of ether oxygens (including phenoxy) is 1. The van der Waals surface area contributed by atoms with Crippen LogP contribution in [0.25, 0.3) is 0 Å². The maximum absolute atomic E-state index is 11.4. The summed E-state index contributed by atoms with van der Waals surface area (Å²) in [4.78, 5) is 13.8. The van der Waals surface area contributed by atoms with Crippen LogP contribution in [0.3, 0.4) is 0 Å². The van der Waals surface area contributed by atoms with Crippen molar-refractivity contribution in [2.24, 2.45) is 0 Å². The predicted octanol–water partition coefficient (Wildman–Crippen LogP) is -2.76. The van der Waals surface area contributed by atoms with E-state index in [1.54, 1.807) is 0 Å². The molecule has 0 bridgehead atoms. The Kier molecular flexibility index (Phi) is 3.69. The Labute approximate surface area is 115 Å². The van der Waals surface area contributed by atoms with Gasteiger partial charge >= 0.3 is 115 Å². The van der Waals surface area contributed by atoms with E-state index < -0.39 is 36.2 Å². The van der Waals surface area contributed by atoms with E-state index in [9.17, 15) is 15.0 Å². The summed E-state index contributed by atoms with van der Waals surface area (Å²) in [5, 5.41) is 29.0. The Balaban J connectivity index is 2.55. The first kappa shape index (κ1) is 14.4. The number of rotatable bonds is 2. The number of nitrogen functional groups attached to an aromatic ring is 1. The van der Waals surface area contributed by atoms with Crippen molar-refractivity contribution in [3.05, 3.63) is 20.9 Å². The van der Waals surface area contributed by atoms with Gasteiger partial charge in [0.15, 0.2) is 0 Å². The van der Waals surface area contributed by atoms with Crippen LogP contribution in [-0.4, -0.2) is 65.4 Å². The fraction of sp³-hybridized carbons (Fsp3) is 0.600. The molecule has 0 unspecified atom stereocenters. The third kappa shape index (κ3) is 2.18. The first-order valence-corrected chi connectivity index (χ1v) is 6.43.